The SMILES string of the molecule is N#CC(CCl)NC(=O)NCc1ccccc1. The van der Waals surface area contributed by atoms with E-state index in [4.69, 9.17) is 16.9 Å². The van der Waals surface area contributed by atoms with Crippen molar-refractivity contribution >= 4 is 17.6 Å². The molecule has 84 valence electrons. The van der Waals surface area contributed by atoms with Gasteiger partial charge in [0.15, 0.2) is 0 Å². The average Bonchev–Trinajstić information content (AvgIpc) is 2.34. The van der Waals surface area contributed by atoms with E-state index in [1.807, 2.05) is 36.4 Å². The molecule has 0 aliphatic heterocycles. The van der Waals surface area contributed by atoms with Crippen LogP contribution in [-0.2, 0) is 6.54 Å². The topological polar surface area (TPSA) is 64.9 Å². The normalized spacial score (nSPS) is 11.2. The molecule has 0 bridgehead atoms. The average molecular weight is 238 g/mol. The fraction of sp³-hybridized carbons (Fsp3) is 0.273. The van der Waals surface area contributed by atoms with Crippen molar-refractivity contribution in [3.63, 3.8) is 0 Å². The van der Waals surface area contributed by atoms with Crippen molar-refractivity contribution in [2.45, 2.75) is 12.6 Å². The molecule has 0 spiro atoms. The highest BCUT2D eigenvalue weighted by molar-refractivity contribution is 6.18. The number of carbonyl (C=O) groups is 1. The second kappa shape index (κ2) is 6.70. The number of hydrogen-bond acceptors (Lipinski definition) is 2. The zero-order chi connectivity index (χ0) is 11.8. The summed E-state index contributed by atoms with van der Waals surface area (Å²) in [6.45, 7) is 0.424. The molecule has 0 heterocycles. The molecule has 2 amide bonds. The Morgan fingerprint density at radius 1 is 1.44 bits per heavy atom. The highest BCUT2D eigenvalue weighted by Crippen LogP contribution is 1.97. The summed E-state index contributed by atoms with van der Waals surface area (Å²) in [5, 5.41) is 13.7. The van der Waals surface area contributed by atoms with Gasteiger partial charge in [0.2, 0.25) is 0 Å². The van der Waals surface area contributed by atoms with Crippen molar-refractivity contribution < 1.29 is 4.79 Å². The van der Waals surface area contributed by atoms with Crippen LogP contribution >= 0.6 is 11.6 Å². The van der Waals surface area contributed by atoms with Crippen LogP contribution in [0.1, 0.15) is 5.56 Å². The number of carbonyl (C=O) groups excluding carboxylic acids is 1. The standard InChI is InChI=1S/C11H12ClN3O/c12-6-10(7-13)15-11(16)14-8-9-4-2-1-3-5-9/h1-5,10H,6,8H2,(H2,14,15,16). The largest absolute Gasteiger partial charge is 0.334 e. The minimum Gasteiger partial charge on any atom is -0.334 e. The van der Waals surface area contributed by atoms with Gasteiger partial charge in [0.05, 0.1) is 11.9 Å². The highest BCUT2D eigenvalue weighted by atomic mass is 35.5. The van der Waals surface area contributed by atoms with Crippen molar-refractivity contribution in [2.75, 3.05) is 5.88 Å². The molecular weight excluding hydrogens is 226 g/mol. The van der Waals surface area contributed by atoms with Crippen LogP contribution in [0.5, 0.6) is 0 Å². The number of urea groups is 1. The summed E-state index contributed by atoms with van der Waals surface area (Å²) in [7, 11) is 0. The summed E-state index contributed by atoms with van der Waals surface area (Å²) in [6.07, 6.45) is 0. The third-order valence-electron chi connectivity index (χ3n) is 1.91. The Morgan fingerprint density at radius 3 is 2.69 bits per heavy atom. The number of rotatable bonds is 4. The second-order valence-electron chi connectivity index (χ2n) is 3.15. The Morgan fingerprint density at radius 2 is 2.12 bits per heavy atom. The molecule has 0 aliphatic carbocycles. The molecule has 0 saturated heterocycles. The molecule has 0 aromatic heterocycles. The van der Waals surface area contributed by atoms with E-state index >= 15 is 0 Å². The molecule has 4 nitrogen and oxygen atoms in total. The predicted molar refractivity (Wildman–Crippen MR) is 61.9 cm³/mol. The first kappa shape index (κ1) is 12.3. The minimum absolute atomic E-state index is 0.0786. The lowest BCUT2D eigenvalue weighted by molar-refractivity contribution is 0.239. The van der Waals surface area contributed by atoms with Crippen LogP contribution in [0.15, 0.2) is 30.3 Å². The monoisotopic (exact) mass is 237 g/mol. The lowest BCUT2D eigenvalue weighted by atomic mass is 10.2. The highest BCUT2D eigenvalue weighted by Gasteiger charge is 2.08. The van der Waals surface area contributed by atoms with Crippen LogP contribution < -0.4 is 10.6 Å². The predicted octanol–water partition coefficient (Wildman–Crippen LogP) is 1.62. The van der Waals surface area contributed by atoms with Gasteiger partial charge in [-0.2, -0.15) is 5.26 Å². The summed E-state index contributed by atoms with van der Waals surface area (Å²) in [6, 6.07) is 10.3. The Kier molecular flexibility index (Phi) is 5.17. The van der Waals surface area contributed by atoms with E-state index < -0.39 is 12.1 Å². The Hall–Kier alpha value is -1.73. The summed E-state index contributed by atoms with van der Waals surface area (Å²) >= 11 is 5.46. The Labute approximate surface area is 99.2 Å². The van der Waals surface area contributed by atoms with Gasteiger partial charge in [-0.25, -0.2) is 4.79 Å². The summed E-state index contributed by atoms with van der Waals surface area (Å²) in [5.74, 6) is 0.0786. The van der Waals surface area contributed by atoms with Gasteiger partial charge in [-0.1, -0.05) is 30.3 Å². The van der Waals surface area contributed by atoms with Gasteiger partial charge in [0.1, 0.15) is 6.04 Å². The fourth-order valence-electron chi connectivity index (χ4n) is 1.09. The number of amides is 2. The maximum absolute atomic E-state index is 11.3. The molecule has 0 fully saturated rings. The summed E-state index contributed by atoms with van der Waals surface area (Å²) in [5.41, 5.74) is 0.997. The lowest BCUT2D eigenvalue weighted by Gasteiger charge is -2.09. The van der Waals surface area contributed by atoms with E-state index in [1.54, 1.807) is 0 Å². The van der Waals surface area contributed by atoms with Crippen LogP contribution in [-0.4, -0.2) is 18.0 Å². The van der Waals surface area contributed by atoms with Crippen LogP contribution in [0.3, 0.4) is 0 Å². The molecule has 1 rings (SSSR count). The first-order valence-corrected chi connectivity index (χ1v) is 5.33. The molecule has 2 N–H and O–H groups in total. The molecule has 1 atom stereocenters. The Balaban J connectivity index is 2.34. The van der Waals surface area contributed by atoms with E-state index in [2.05, 4.69) is 10.6 Å². The van der Waals surface area contributed by atoms with Crippen LogP contribution in [0, 0.1) is 11.3 Å². The van der Waals surface area contributed by atoms with Gasteiger partial charge >= 0.3 is 6.03 Å². The first-order chi connectivity index (χ1) is 7.76. The molecule has 1 unspecified atom stereocenters. The van der Waals surface area contributed by atoms with Crippen molar-refractivity contribution in [2.24, 2.45) is 0 Å². The number of nitrogens with zero attached hydrogens (tertiary/aromatic N) is 1. The van der Waals surface area contributed by atoms with Crippen molar-refractivity contribution in [1.82, 2.24) is 10.6 Å². The first-order valence-electron chi connectivity index (χ1n) is 4.80. The van der Waals surface area contributed by atoms with Crippen LogP contribution in [0.25, 0.3) is 0 Å². The van der Waals surface area contributed by atoms with Gasteiger partial charge in [-0.15, -0.1) is 11.6 Å². The molecule has 1 aromatic carbocycles. The number of hydrogen-bond donors (Lipinski definition) is 2. The molecule has 5 heteroatoms. The maximum atomic E-state index is 11.3. The van der Waals surface area contributed by atoms with Gasteiger partial charge < -0.3 is 10.6 Å². The van der Waals surface area contributed by atoms with Crippen LogP contribution in [0.4, 0.5) is 4.79 Å². The van der Waals surface area contributed by atoms with Crippen molar-refractivity contribution in [1.29, 1.82) is 5.26 Å². The molecular formula is C11H12ClN3O. The number of nitrogens with one attached hydrogen (secondary N) is 2. The molecule has 16 heavy (non-hydrogen) atoms. The van der Waals surface area contributed by atoms with Crippen molar-refractivity contribution in [3.8, 4) is 6.07 Å². The number of benzene rings is 1. The van der Waals surface area contributed by atoms with Crippen molar-refractivity contribution in [3.05, 3.63) is 35.9 Å². The molecule has 0 radical (unpaired) electrons. The van der Waals surface area contributed by atoms with Gasteiger partial charge in [-0.3, -0.25) is 0 Å². The zero-order valence-electron chi connectivity index (χ0n) is 8.61. The maximum Gasteiger partial charge on any atom is 0.316 e. The summed E-state index contributed by atoms with van der Waals surface area (Å²) in [4.78, 5) is 11.3. The third-order valence-corrected chi connectivity index (χ3v) is 2.22. The van der Waals surface area contributed by atoms with Gasteiger partial charge in [-0.05, 0) is 5.56 Å². The molecule has 1 aromatic rings. The van der Waals surface area contributed by atoms with E-state index in [0.29, 0.717) is 6.54 Å². The van der Waals surface area contributed by atoms with E-state index in [1.165, 1.54) is 0 Å². The number of halogens is 1. The quantitative estimate of drug-likeness (QED) is 0.782. The Bertz CT molecular complexity index is 375. The smallest absolute Gasteiger partial charge is 0.316 e. The third kappa shape index (κ3) is 4.20. The number of alkyl halides is 1. The summed E-state index contributed by atoms with van der Waals surface area (Å²) < 4.78 is 0. The van der Waals surface area contributed by atoms with Gasteiger partial charge in [0, 0.05) is 6.54 Å². The van der Waals surface area contributed by atoms with E-state index in [-0.39, 0.29) is 5.88 Å². The lowest BCUT2D eigenvalue weighted by Crippen LogP contribution is -2.41. The zero-order valence-corrected chi connectivity index (χ0v) is 9.37. The van der Waals surface area contributed by atoms with E-state index in [9.17, 15) is 4.79 Å². The second-order valence-corrected chi connectivity index (χ2v) is 3.46. The van der Waals surface area contributed by atoms with Crippen LogP contribution in [0.2, 0.25) is 0 Å². The molecule has 0 saturated carbocycles. The van der Waals surface area contributed by atoms with Gasteiger partial charge in [0.25, 0.3) is 0 Å². The fourth-order valence-corrected chi connectivity index (χ4v) is 1.24. The molecule has 0 aliphatic rings. The number of nitriles is 1. The minimum atomic E-state index is -0.655. The van der Waals surface area contributed by atoms with E-state index in [0.717, 1.165) is 5.56 Å².